The van der Waals surface area contributed by atoms with Crippen LogP contribution in [0.3, 0.4) is 0 Å². The zero-order valence-corrected chi connectivity index (χ0v) is 19.6. The van der Waals surface area contributed by atoms with Crippen LogP contribution in [0.1, 0.15) is 19.3 Å². The molecule has 0 N–H and O–H groups in total. The van der Waals surface area contributed by atoms with E-state index in [1.54, 1.807) is 17.3 Å². The van der Waals surface area contributed by atoms with Crippen LogP contribution in [0.2, 0.25) is 0 Å². The number of likely N-dealkylation sites (tertiary alicyclic amines) is 1. The second-order valence-corrected chi connectivity index (χ2v) is 10.7. The minimum atomic E-state index is -3.92. The maximum Gasteiger partial charge on any atom is 0.263 e. The van der Waals surface area contributed by atoms with E-state index in [0.717, 1.165) is 23.6 Å². The van der Waals surface area contributed by atoms with Crippen LogP contribution in [-0.2, 0) is 14.6 Å². The summed E-state index contributed by atoms with van der Waals surface area (Å²) < 4.78 is 57.8. The number of carbonyl (C=O) groups excluding carboxylic acids is 1. The molecule has 3 heterocycles. The van der Waals surface area contributed by atoms with E-state index in [4.69, 9.17) is 4.74 Å². The van der Waals surface area contributed by atoms with Crippen molar-refractivity contribution in [1.29, 1.82) is 0 Å². The van der Waals surface area contributed by atoms with Crippen molar-refractivity contribution < 1.29 is 26.7 Å². The van der Waals surface area contributed by atoms with Crippen molar-refractivity contribution in [2.24, 2.45) is 0 Å². The molecular weight excluding hydrogens is 510 g/mol. The van der Waals surface area contributed by atoms with Crippen LogP contribution in [0.25, 0.3) is 0 Å². The van der Waals surface area contributed by atoms with E-state index in [2.05, 4.69) is 30.8 Å². The molecule has 1 aromatic heterocycles. The molecule has 0 spiro atoms. The van der Waals surface area contributed by atoms with Gasteiger partial charge in [0.25, 0.3) is 5.91 Å². The van der Waals surface area contributed by atoms with Gasteiger partial charge in [0.05, 0.1) is 4.47 Å². The van der Waals surface area contributed by atoms with Gasteiger partial charge < -0.3 is 14.5 Å². The zero-order chi connectivity index (χ0) is 23.0. The summed E-state index contributed by atoms with van der Waals surface area (Å²) in [6.07, 6.45) is 5.01. The molecule has 32 heavy (non-hydrogen) atoms. The number of hydrogen-bond donors (Lipinski definition) is 0. The largest absolute Gasteiger partial charge is 0.477 e. The van der Waals surface area contributed by atoms with E-state index < -0.39 is 38.2 Å². The Morgan fingerprint density at radius 1 is 1.06 bits per heavy atom. The Kier molecular flexibility index (Phi) is 6.35. The Bertz CT molecular complexity index is 1130. The highest BCUT2D eigenvalue weighted by atomic mass is 79.9. The minimum Gasteiger partial charge on any atom is -0.477 e. The lowest BCUT2D eigenvalue weighted by molar-refractivity contribution is -0.135. The summed E-state index contributed by atoms with van der Waals surface area (Å²) in [7, 11) is -3.92. The number of hydrogen-bond acceptors (Lipinski definition) is 7. The standard InChI is InChI=1S/C20H21BrF2N4O4S/c1-32(29,30)18-9-14(22)17(8-15(18)23)31-16-4-7-27(19(16)28)13-2-5-26(6-3-13)20-24-10-12(21)11-25-20/h8-11,13,16H,2-7H2,1H3. The number of halogens is 3. The summed E-state index contributed by atoms with van der Waals surface area (Å²) in [5.41, 5.74) is 0. The topological polar surface area (TPSA) is 92.7 Å². The van der Waals surface area contributed by atoms with E-state index in [-0.39, 0.29) is 11.9 Å². The summed E-state index contributed by atoms with van der Waals surface area (Å²) >= 11 is 3.31. The molecule has 1 aromatic carbocycles. The van der Waals surface area contributed by atoms with Gasteiger partial charge in [0.2, 0.25) is 5.95 Å². The number of amides is 1. The molecule has 2 fully saturated rings. The van der Waals surface area contributed by atoms with Crippen LogP contribution < -0.4 is 9.64 Å². The number of rotatable bonds is 5. The predicted octanol–water partition coefficient (Wildman–Crippen LogP) is 2.57. The number of piperidine rings is 1. The Labute approximate surface area is 192 Å². The monoisotopic (exact) mass is 530 g/mol. The molecule has 12 heteroatoms. The third kappa shape index (κ3) is 4.70. The van der Waals surface area contributed by atoms with E-state index in [1.165, 1.54) is 0 Å². The first kappa shape index (κ1) is 22.8. The molecule has 0 saturated carbocycles. The molecule has 1 atom stereocenters. The number of anilines is 1. The van der Waals surface area contributed by atoms with Gasteiger partial charge in [0, 0.05) is 56.8 Å². The first-order valence-corrected chi connectivity index (χ1v) is 12.7. The fourth-order valence-electron chi connectivity index (χ4n) is 4.03. The third-order valence-electron chi connectivity index (χ3n) is 5.64. The molecule has 2 aliphatic heterocycles. The van der Waals surface area contributed by atoms with Gasteiger partial charge in [0.1, 0.15) is 10.7 Å². The summed E-state index contributed by atoms with van der Waals surface area (Å²) in [4.78, 5) is 24.5. The normalized spacial score (nSPS) is 20.1. The van der Waals surface area contributed by atoms with Crippen molar-refractivity contribution in [3.05, 3.63) is 40.6 Å². The van der Waals surface area contributed by atoms with Crippen molar-refractivity contribution in [3.63, 3.8) is 0 Å². The Morgan fingerprint density at radius 3 is 2.34 bits per heavy atom. The average Bonchev–Trinajstić information content (AvgIpc) is 3.10. The summed E-state index contributed by atoms with van der Waals surface area (Å²) in [6.45, 7) is 1.83. The van der Waals surface area contributed by atoms with Gasteiger partial charge in [-0.05, 0) is 34.8 Å². The zero-order valence-electron chi connectivity index (χ0n) is 17.2. The van der Waals surface area contributed by atoms with E-state index in [9.17, 15) is 22.0 Å². The lowest BCUT2D eigenvalue weighted by Gasteiger charge is -2.36. The fraction of sp³-hybridized carbons (Fsp3) is 0.450. The maximum absolute atomic E-state index is 14.3. The van der Waals surface area contributed by atoms with Crippen LogP contribution in [-0.4, -0.2) is 67.2 Å². The third-order valence-corrected chi connectivity index (χ3v) is 7.16. The number of sulfone groups is 1. The molecule has 0 aliphatic carbocycles. The summed E-state index contributed by atoms with van der Waals surface area (Å²) in [5.74, 6) is -2.27. The summed E-state index contributed by atoms with van der Waals surface area (Å²) in [6, 6.07) is 1.27. The average molecular weight is 531 g/mol. The van der Waals surface area contributed by atoms with Crippen LogP contribution in [0.15, 0.2) is 33.9 Å². The molecular formula is C20H21BrF2N4O4S. The molecule has 0 bridgehead atoms. The predicted molar refractivity (Wildman–Crippen MR) is 115 cm³/mol. The molecule has 2 aromatic rings. The van der Waals surface area contributed by atoms with Crippen LogP contribution in [0, 0.1) is 11.6 Å². The van der Waals surface area contributed by atoms with E-state index in [0.29, 0.717) is 44.1 Å². The second kappa shape index (κ2) is 8.89. The van der Waals surface area contributed by atoms with Gasteiger partial charge in [-0.3, -0.25) is 4.79 Å². The first-order chi connectivity index (χ1) is 15.1. The summed E-state index contributed by atoms with van der Waals surface area (Å²) in [5, 5.41) is 0. The lowest BCUT2D eigenvalue weighted by Crippen LogP contribution is -2.47. The van der Waals surface area contributed by atoms with Crippen molar-refractivity contribution in [1.82, 2.24) is 14.9 Å². The molecule has 2 aliphatic rings. The van der Waals surface area contributed by atoms with Crippen molar-refractivity contribution in [3.8, 4) is 5.75 Å². The van der Waals surface area contributed by atoms with Crippen molar-refractivity contribution in [2.75, 3.05) is 30.8 Å². The van der Waals surface area contributed by atoms with Gasteiger partial charge in [0.15, 0.2) is 27.5 Å². The molecule has 4 rings (SSSR count). The van der Waals surface area contributed by atoms with Crippen molar-refractivity contribution in [2.45, 2.75) is 36.3 Å². The highest BCUT2D eigenvalue weighted by molar-refractivity contribution is 9.10. The quantitative estimate of drug-likeness (QED) is 0.586. The Balaban J connectivity index is 1.39. The molecule has 172 valence electrons. The molecule has 1 unspecified atom stereocenters. The Hall–Kier alpha value is -2.34. The van der Waals surface area contributed by atoms with E-state index >= 15 is 0 Å². The van der Waals surface area contributed by atoms with Crippen molar-refractivity contribution >= 4 is 37.6 Å². The number of ether oxygens (including phenoxy) is 1. The minimum absolute atomic E-state index is 0.0111. The van der Waals surface area contributed by atoms with Gasteiger partial charge in [-0.1, -0.05) is 0 Å². The maximum atomic E-state index is 14.3. The van der Waals surface area contributed by atoms with Gasteiger partial charge in [-0.2, -0.15) is 0 Å². The number of nitrogens with zero attached hydrogens (tertiary/aromatic N) is 4. The lowest BCUT2D eigenvalue weighted by atomic mass is 10.0. The van der Waals surface area contributed by atoms with Gasteiger partial charge in [-0.15, -0.1) is 0 Å². The van der Waals surface area contributed by atoms with Crippen LogP contribution in [0.4, 0.5) is 14.7 Å². The molecule has 8 nitrogen and oxygen atoms in total. The van der Waals surface area contributed by atoms with Gasteiger partial charge in [-0.25, -0.2) is 27.2 Å². The second-order valence-electron chi connectivity index (χ2n) is 7.83. The molecule has 2 saturated heterocycles. The number of aromatic nitrogens is 2. The van der Waals surface area contributed by atoms with E-state index in [1.807, 2.05) is 0 Å². The highest BCUT2D eigenvalue weighted by Gasteiger charge is 2.39. The van der Waals surface area contributed by atoms with Gasteiger partial charge >= 0.3 is 0 Å². The number of benzene rings is 1. The number of carbonyl (C=O) groups is 1. The SMILES string of the molecule is CS(=O)(=O)c1cc(F)c(OC2CCN(C3CCN(c4ncc(Br)cn4)CC3)C2=O)cc1F. The Morgan fingerprint density at radius 2 is 1.72 bits per heavy atom. The fourth-order valence-corrected chi connectivity index (χ4v) is 4.97. The van der Waals surface area contributed by atoms with Crippen LogP contribution in [0.5, 0.6) is 5.75 Å². The first-order valence-electron chi connectivity index (χ1n) is 10.0. The van der Waals surface area contributed by atoms with Crippen LogP contribution >= 0.6 is 15.9 Å². The highest BCUT2D eigenvalue weighted by Crippen LogP contribution is 2.30. The smallest absolute Gasteiger partial charge is 0.263 e. The molecule has 0 radical (unpaired) electrons. The molecule has 1 amide bonds.